The lowest BCUT2D eigenvalue weighted by atomic mass is 10.1. The van der Waals surface area contributed by atoms with E-state index in [1.807, 2.05) is 38.1 Å². The molecule has 2 aromatic carbocycles. The van der Waals surface area contributed by atoms with Crippen molar-refractivity contribution in [3.8, 4) is 17.2 Å². The van der Waals surface area contributed by atoms with Crippen LogP contribution in [0.1, 0.15) is 16.7 Å². The maximum Gasteiger partial charge on any atom is 0.170 e. The quantitative estimate of drug-likeness (QED) is 0.391. The molecule has 0 amide bonds. The number of ether oxygens (including phenoxy) is 2. The smallest absolute Gasteiger partial charge is 0.170 e. The average molecular weight is 286 g/mol. The van der Waals surface area contributed by atoms with Crippen molar-refractivity contribution < 1.29 is 14.7 Å². The number of hydrogen-bond donors (Lipinski definition) is 2. The van der Waals surface area contributed by atoms with Gasteiger partial charge in [-0.05, 0) is 55.3 Å². The van der Waals surface area contributed by atoms with Crippen molar-refractivity contribution >= 4 is 5.84 Å². The van der Waals surface area contributed by atoms with Crippen LogP contribution in [0.25, 0.3) is 0 Å². The number of oxime groups is 1. The predicted octanol–water partition coefficient (Wildman–Crippen LogP) is 3.20. The van der Waals surface area contributed by atoms with Crippen LogP contribution in [-0.4, -0.2) is 18.2 Å². The molecule has 0 heterocycles. The summed E-state index contributed by atoms with van der Waals surface area (Å²) < 4.78 is 11.1. The number of amidine groups is 1. The fourth-order valence-corrected chi connectivity index (χ4v) is 2.03. The molecule has 5 heteroatoms. The first kappa shape index (κ1) is 14.7. The first-order valence-electron chi connectivity index (χ1n) is 6.46. The molecule has 0 atom stereocenters. The molecule has 21 heavy (non-hydrogen) atoms. The summed E-state index contributed by atoms with van der Waals surface area (Å²) in [5.74, 6) is 2.04. The van der Waals surface area contributed by atoms with Crippen molar-refractivity contribution in [2.45, 2.75) is 13.8 Å². The molecule has 0 saturated heterocycles. The first-order chi connectivity index (χ1) is 10.0. The van der Waals surface area contributed by atoms with Crippen molar-refractivity contribution in [2.24, 2.45) is 10.9 Å². The summed E-state index contributed by atoms with van der Waals surface area (Å²) in [4.78, 5) is 0. The summed E-state index contributed by atoms with van der Waals surface area (Å²) in [5.41, 5.74) is 8.22. The van der Waals surface area contributed by atoms with E-state index in [-0.39, 0.29) is 5.84 Å². The fraction of sp³-hybridized carbons (Fsp3) is 0.188. The minimum Gasteiger partial charge on any atom is -0.493 e. The minimum atomic E-state index is 0.0759. The van der Waals surface area contributed by atoms with Crippen LogP contribution in [0.15, 0.2) is 41.6 Å². The maximum atomic E-state index is 8.73. The van der Waals surface area contributed by atoms with Crippen LogP contribution >= 0.6 is 0 Å². The molecule has 0 bridgehead atoms. The summed E-state index contributed by atoms with van der Waals surface area (Å²) in [5, 5.41) is 11.7. The normalized spacial score (nSPS) is 11.3. The Morgan fingerprint density at radius 1 is 1.10 bits per heavy atom. The highest BCUT2D eigenvalue weighted by atomic mass is 16.5. The van der Waals surface area contributed by atoms with Crippen LogP contribution in [0.3, 0.4) is 0 Å². The fourth-order valence-electron chi connectivity index (χ4n) is 2.03. The Balaban J connectivity index is 2.31. The monoisotopic (exact) mass is 286 g/mol. The van der Waals surface area contributed by atoms with Gasteiger partial charge < -0.3 is 20.4 Å². The van der Waals surface area contributed by atoms with Gasteiger partial charge in [0.1, 0.15) is 5.75 Å². The van der Waals surface area contributed by atoms with Crippen LogP contribution in [0, 0.1) is 13.8 Å². The number of benzene rings is 2. The van der Waals surface area contributed by atoms with E-state index in [1.165, 1.54) is 0 Å². The highest BCUT2D eigenvalue weighted by Gasteiger charge is 2.09. The highest BCUT2D eigenvalue weighted by Crippen LogP contribution is 2.32. The number of rotatable bonds is 4. The van der Waals surface area contributed by atoms with Gasteiger partial charge in [0.05, 0.1) is 7.11 Å². The Morgan fingerprint density at radius 3 is 2.48 bits per heavy atom. The Hall–Kier alpha value is -2.69. The second-order valence-corrected chi connectivity index (χ2v) is 4.72. The molecular weight excluding hydrogens is 268 g/mol. The molecule has 0 spiro atoms. The largest absolute Gasteiger partial charge is 0.493 e. The van der Waals surface area contributed by atoms with E-state index in [0.717, 1.165) is 11.1 Å². The molecule has 0 aromatic heterocycles. The summed E-state index contributed by atoms with van der Waals surface area (Å²) >= 11 is 0. The van der Waals surface area contributed by atoms with Gasteiger partial charge in [0.15, 0.2) is 17.3 Å². The summed E-state index contributed by atoms with van der Waals surface area (Å²) in [7, 11) is 1.61. The molecule has 0 aliphatic rings. The standard InChI is InChI=1S/C16H18N2O3/c1-10-4-7-14(15(8-10)20-3)21-12-5-6-13(11(2)9-12)16(17)18-19/h4-9,19H,1-3H3,(H2,17,18). The molecule has 0 saturated carbocycles. The zero-order chi connectivity index (χ0) is 15.4. The molecule has 5 nitrogen and oxygen atoms in total. The molecule has 2 rings (SSSR count). The van der Waals surface area contributed by atoms with Gasteiger partial charge >= 0.3 is 0 Å². The second kappa shape index (κ2) is 6.17. The summed E-state index contributed by atoms with van der Waals surface area (Å²) in [6.07, 6.45) is 0. The lowest BCUT2D eigenvalue weighted by Gasteiger charge is -2.12. The predicted molar refractivity (Wildman–Crippen MR) is 81.5 cm³/mol. The molecule has 0 aliphatic heterocycles. The Labute approximate surface area is 123 Å². The van der Waals surface area contributed by atoms with Gasteiger partial charge in [0, 0.05) is 5.56 Å². The van der Waals surface area contributed by atoms with E-state index >= 15 is 0 Å². The first-order valence-corrected chi connectivity index (χ1v) is 6.46. The van der Waals surface area contributed by atoms with Crippen molar-refractivity contribution in [2.75, 3.05) is 7.11 Å². The van der Waals surface area contributed by atoms with Gasteiger partial charge in [-0.3, -0.25) is 0 Å². The van der Waals surface area contributed by atoms with E-state index in [9.17, 15) is 0 Å². The molecule has 0 radical (unpaired) electrons. The van der Waals surface area contributed by atoms with E-state index in [4.69, 9.17) is 20.4 Å². The van der Waals surface area contributed by atoms with Crippen LogP contribution in [0.4, 0.5) is 0 Å². The molecule has 0 unspecified atom stereocenters. The Morgan fingerprint density at radius 2 is 1.86 bits per heavy atom. The van der Waals surface area contributed by atoms with Crippen molar-refractivity contribution in [1.29, 1.82) is 0 Å². The van der Waals surface area contributed by atoms with E-state index in [0.29, 0.717) is 22.8 Å². The molecule has 2 aromatic rings. The summed E-state index contributed by atoms with van der Waals surface area (Å²) in [6, 6.07) is 11.1. The SMILES string of the molecule is COc1cc(C)ccc1Oc1ccc(/C(N)=N/O)c(C)c1. The van der Waals surface area contributed by atoms with Gasteiger partial charge in [-0.1, -0.05) is 11.2 Å². The van der Waals surface area contributed by atoms with E-state index in [2.05, 4.69) is 5.16 Å². The topological polar surface area (TPSA) is 77.1 Å². The molecule has 0 aliphatic carbocycles. The third-order valence-corrected chi connectivity index (χ3v) is 3.13. The number of methoxy groups -OCH3 is 1. The van der Waals surface area contributed by atoms with Crippen molar-refractivity contribution in [3.63, 3.8) is 0 Å². The lowest BCUT2D eigenvalue weighted by Crippen LogP contribution is -2.14. The maximum absolute atomic E-state index is 8.73. The molecule has 3 N–H and O–H groups in total. The van der Waals surface area contributed by atoms with Crippen LogP contribution in [0.2, 0.25) is 0 Å². The zero-order valence-electron chi connectivity index (χ0n) is 12.3. The van der Waals surface area contributed by atoms with Crippen LogP contribution in [-0.2, 0) is 0 Å². The van der Waals surface area contributed by atoms with Gasteiger partial charge in [-0.25, -0.2) is 0 Å². The van der Waals surface area contributed by atoms with E-state index in [1.54, 1.807) is 19.2 Å². The van der Waals surface area contributed by atoms with Crippen LogP contribution in [0.5, 0.6) is 17.2 Å². The van der Waals surface area contributed by atoms with Gasteiger partial charge in [0.25, 0.3) is 0 Å². The zero-order valence-corrected chi connectivity index (χ0v) is 12.3. The second-order valence-electron chi connectivity index (χ2n) is 4.72. The van der Waals surface area contributed by atoms with Gasteiger partial charge in [-0.2, -0.15) is 0 Å². The number of hydrogen-bond acceptors (Lipinski definition) is 4. The minimum absolute atomic E-state index is 0.0759. The number of nitrogens with two attached hydrogens (primary N) is 1. The van der Waals surface area contributed by atoms with Crippen LogP contribution < -0.4 is 15.2 Å². The lowest BCUT2D eigenvalue weighted by molar-refractivity contribution is 0.318. The van der Waals surface area contributed by atoms with Crippen molar-refractivity contribution in [3.05, 3.63) is 53.1 Å². The molecule has 0 fully saturated rings. The Kier molecular flexibility index (Phi) is 4.33. The number of aryl methyl sites for hydroxylation is 2. The average Bonchev–Trinajstić information content (AvgIpc) is 2.48. The Bertz CT molecular complexity index is 681. The van der Waals surface area contributed by atoms with Gasteiger partial charge in [0.2, 0.25) is 0 Å². The third kappa shape index (κ3) is 3.25. The number of nitrogens with zero attached hydrogens (tertiary/aromatic N) is 1. The molecular formula is C16H18N2O3. The van der Waals surface area contributed by atoms with Gasteiger partial charge in [-0.15, -0.1) is 0 Å². The third-order valence-electron chi connectivity index (χ3n) is 3.13. The highest BCUT2D eigenvalue weighted by molar-refractivity contribution is 5.98. The molecule has 110 valence electrons. The van der Waals surface area contributed by atoms with Crippen molar-refractivity contribution in [1.82, 2.24) is 0 Å². The summed E-state index contributed by atoms with van der Waals surface area (Å²) in [6.45, 7) is 3.86. The van der Waals surface area contributed by atoms with E-state index < -0.39 is 0 Å².